The second-order valence-corrected chi connectivity index (χ2v) is 6.63. The molecule has 18 heavy (non-hydrogen) atoms. The lowest BCUT2D eigenvalue weighted by Crippen LogP contribution is -2.34. The van der Waals surface area contributed by atoms with Crippen molar-refractivity contribution in [3.8, 4) is 0 Å². The Kier molecular flexibility index (Phi) is 5.64. The largest absolute Gasteiger partial charge is 0.460 e. The van der Waals surface area contributed by atoms with Crippen LogP contribution in [0.3, 0.4) is 0 Å². The van der Waals surface area contributed by atoms with Gasteiger partial charge in [0.05, 0.1) is 12.0 Å². The van der Waals surface area contributed by atoms with Gasteiger partial charge in [0.1, 0.15) is 5.60 Å². The highest BCUT2D eigenvalue weighted by Crippen LogP contribution is 2.29. The molecule has 1 fully saturated rings. The standard InChI is InChI=1S/C15H28O3/c1-11(14(17)18-15(2,3)4)13(16)10-12-8-6-5-7-9-12/h11-13,16H,5-10H2,1-4H3. The third-order valence-corrected chi connectivity index (χ3v) is 3.66. The second kappa shape index (κ2) is 6.55. The maximum atomic E-state index is 11.9. The predicted molar refractivity (Wildman–Crippen MR) is 72.2 cm³/mol. The van der Waals surface area contributed by atoms with E-state index in [1.165, 1.54) is 32.1 Å². The zero-order valence-corrected chi connectivity index (χ0v) is 12.2. The summed E-state index contributed by atoms with van der Waals surface area (Å²) < 4.78 is 5.31. The Hall–Kier alpha value is -0.570. The van der Waals surface area contributed by atoms with Crippen molar-refractivity contribution in [3.63, 3.8) is 0 Å². The van der Waals surface area contributed by atoms with Gasteiger partial charge in [0.2, 0.25) is 0 Å². The van der Waals surface area contributed by atoms with Crippen LogP contribution in [0.1, 0.15) is 66.2 Å². The van der Waals surface area contributed by atoms with Crippen LogP contribution in [0.4, 0.5) is 0 Å². The molecule has 2 unspecified atom stereocenters. The summed E-state index contributed by atoms with van der Waals surface area (Å²) in [5.41, 5.74) is -0.476. The molecule has 0 aromatic heterocycles. The van der Waals surface area contributed by atoms with Gasteiger partial charge < -0.3 is 9.84 Å². The molecule has 1 aliphatic carbocycles. The molecule has 3 nitrogen and oxygen atoms in total. The van der Waals surface area contributed by atoms with Crippen LogP contribution >= 0.6 is 0 Å². The van der Waals surface area contributed by atoms with Gasteiger partial charge in [-0.3, -0.25) is 4.79 Å². The molecule has 0 radical (unpaired) electrons. The highest BCUT2D eigenvalue weighted by Gasteiger charge is 2.29. The van der Waals surface area contributed by atoms with Crippen LogP contribution in [0.15, 0.2) is 0 Å². The number of rotatable bonds is 4. The second-order valence-electron chi connectivity index (χ2n) is 6.63. The number of esters is 1. The van der Waals surface area contributed by atoms with Crippen LogP contribution in [0.2, 0.25) is 0 Å². The Balaban J connectivity index is 2.39. The lowest BCUT2D eigenvalue weighted by atomic mass is 9.83. The minimum atomic E-state index is -0.567. The van der Waals surface area contributed by atoms with Crippen LogP contribution in [0.5, 0.6) is 0 Å². The minimum Gasteiger partial charge on any atom is -0.460 e. The van der Waals surface area contributed by atoms with E-state index in [9.17, 15) is 9.90 Å². The van der Waals surface area contributed by atoms with Gasteiger partial charge in [0, 0.05) is 0 Å². The molecule has 0 aliphatic heterocycles. The van der Waals surface area contributed by atoms with E-state index in [-0.39, 0.29) is 5.97 Å². The summed E-state index contributed by atoms with van der Waals surface area (Å²) in [6.07, 6.45) is 6.39. The fraction of sp³-hybridized carbons (Fsp3) is 0.933. The maximum absolute atomic E-state index is 11.9. The van der Waals surface area contributed by atoms with Crippen molar-refractivity contribution in [1.29, 1.82) is 0 Å². The number of carbonyl (C=O) groups excluding carboxylic acids is 1. The molecule has 1 N–H and O–H groups in total. The highest BCUT2D eigenvalue weighted by atomic mass is 16.6. The van der Waals surface area contributed by atoms with Crippen molar-refractivity contribution in [1.82, 2.24) is 0 Å². The molecular formula is C15H28O3. The molecule has 3 heteroatoms. The minimum absolute atomic E-state index is 0.286. The molecule has 0 bridgehead atoms. The van der Waals surface area contributed by atoms with Crippen molar-refractivity contribution in [2.45, 2.75) is 77.9 Å². The number of aliphatic hydroxyl groups is 1. The van der Waals surface area contributed by atoms with Crippen LogP contribution in [-0.2, 0) is 9.53 Å². The van der Waals surface area contributed by atoms with Crippen molar-refractivity contribution in [3.05, 3.63) is 0 Å². The van der Waals surface area contributed by atoms with Crippen LogP contribution in [-0.4, -0.2) is 22.8 Å². The molecule has 2 atom stereocenters. The van der Waals surface area contributed by atoms with Gasteiger partial charge in [-0.1, -0.05) is 32.1 Å². The first-order valence-electron chi connectivity index (χ1n) is 7.20. The molecule has 0 aromatic carbocycles. The van der Waals surface area contributed by atoms with E-state index in [4.69, 9.17) is 4.74 Å². The molecular weight excluding hydrogens is 228 g/mol. The number of aliphatic hydroxyl groups excluding tert-OH is 1. The van der Waals surface area contributed by atoms with Gasteiger partial charge >= 0.3 is 5.97 Å². The summed E-state index contributed by atoms with van der Waals surface area (Å²) >= 11 is 0. The van der Waals surface area contributed by atoms with Crippen molar-refractivity contribution >= 4 is 5.97 Å². The number of hydrogen-bond donors (Lipinski definition) is 1. The van der Waals surface area contributed by atoms with E-state index in [0.29, 0.717) is 5.92 Å². The van der Waals surface area contributed by atoms with Crippen molar-refractivity contribution in [2.24, 2.45) is 11.8 Å². The zero-order chi connectivity index (χ0) is 13.8. The maximum Gasteiger partial charge on any atom is 0.311 e. The molecule has 106 valence electrons. The molecule has 0 spiro atoms. The van der Waals surface area contributed by atoms with E-state index in [2.05, 4.69) is 0 Å². The van der Waals surface area contributed by atoms with Crippen LogP contribution in [0.25, 0.3) is 0 Å². The molecule has 1 rings (SSSR count). The van der Waals surface area contributed by atoms with Gasteiger partial charge in [-0.05, 0) is 40.0 Å². The summed E-state index contributed by atoms with van der Waals surface area (Å²) in [4.78, 5) is 11.9. The lowest BCUT2D eigenvalue weighted by molar-refractivity contribution is -0.163. The fourth-order valence-electron chi connectivity index (χ4n) is 2.52. The Bertz CT molecular complexity index is 261. The van der Waals surface area contributed by atoms with Gasteiger partial charge in [-0.25, -0.2) is 0 Å². The monoisotopic (exact) mass is 256 g/mol. The zero-order valence-electron chi connectivity index (χ0n) is 12.2. The molecule has 1 saturated carbocycles. The van der Waals surface area contributed by atoms with E-state index in [1.807, 2.05) is 20.8 Å². The normalized spacial score (nSPS) is 21.4. The quantitative estimate of drug-likeness (QED) is 0.785. The van der Waals surface area contributed by atoms with Gasteiger partial charge in [-0.2, -0.15) is 0 Å². The summed E-state index contributed by atoms with van der Waals surface area (Å²) in [6.45, 7) is 7.32. The summed E-state index contributed by atoms with van der Waals surface area (Å²) in [6, 6.07) is 0. The highest BCUT2D eigenvalue weighted by molar-refractivity contribution is 5.73. The molecule has 0 saturated heterocycles. The third-order valence-electron chi connectivity index (χ3n) is 3.66. The molecule has 0 heterocycles. The summed E-state index contributed by atoms with van der Waals surface area (Å²) in [5, 5.41) is 10.1. The van der Waals surface area contributed by atoms with Gasteiger partial charge in [0.25, 0.3) is 0 Å². The predicted octanol–water partition coefficient (Wildman–Crippen LogP) is 3.30. The van der Waals surface area contributed by atoms with Crippen molar-refractivity contribution in [2.75, 3.05) is 0 Å². The Morgan fingerprint density at radius 1 is 1.28 bits per heavy atom. The Labute approximate surface area is 111 Å². The van der Waals surface area contributed by atoms with Crippen molar-refractivity contribution < 1.29 is 14.6 Å². The SMILES string of the molecule is CC(C(=O)OC(C)(C)C)C(O)CC1CCCCC1. The van der Waals surface area contributed by atoms with Crippen LogP contribution in [0, 0.1) is 11.8 Å². The number of ether oxygens (including phenoxy) is 1. The average molecular weight is 256 g/mol. The smallest absolute Gasteiger partial charge is 0.311 e. The fourth-order valence-corrected chi connectivity index (χ4v) is 2.52. The van der Waals surface area contributed by atoms with E-state index in [0.717, 1.165) is 6.42 Å². The molecule has 0 amide bonds. The molecule has 0 aromatic rings. The van der Waals surface area contributed by atoms with E-state index >= 15 is 0 Å². The summed E-state index contributed by atoms with van der Waals surface area (Å²) in [5.74, 6) is -0.129. The first-order chi connectivity index (χ1) is 8.29. The molecule has 1 aliphatic rings. The topological polar surface area (TPSA) is 46.5 Å². The average Bonchev–Trinajstić information content (AvgIpc) is 2.27. The first kappa shape index (κ1) is 15.5. The third kappa shape index (κ3) is 5.38. The first-order valence-corrected chi connectivity index (χ1v) is 7.20. The van der Waals surface area contributed by atoms with Crippen LogP contribution < -0.4 is 0 Å². The van der Waals surface area contributed by atoms with Gasteiger partial charge in [0.15, 0.2) is 0 Å². The summed E-state index contributed by atoms with van der Waals surface area (Å²) in [7, 11) is 0. The number of carbonyl (C=O) groups is 1. The Morgan fingerprint density at radius 2 is 1.83 bits per heavy atom. The van der Waals surface area contributed by atoms with E-state index < -0.39 is 17.6 Å². The van der Waals surface area contributed by atoms with E-state index in [1.54, 1.807) is 6.92 Å². The number of hydrogen-bond acceptors (Lipinski definition) is 3. The lowest BCUT2D eigenvalue weighted by Gasteiger charge is -2.28. The Morgan fingerprint density at radius 3 is 2.33 bits per heavy atom. The van der Waals surface area contributed by atoms with Gasteiger partial charge in [-0.15, -0.1) is 0 Å².